The minimum atomic E-state index is -0.259. The van der Waals surface area contributed by atoms with E-state index in [-0.39, 0.29) is 23.8 Å². The molecule has 0 bridgehead atoms. The van der Waals surface area contributed by atoms with Crippen molar-refractivity contribution in [2.24, 2.45) is 0 Å². The topological polar surface area (TPSA) is 46.6 Å². The molecule has 0 aliphatic carbocycles. The predicted octanol–water partition coefficient (Wildman–Crippen LogP) is 5.41. The van der Waals surface area contributed by atoms with Gasteiger partial charge in [0.05, 0.1) is 17.6 Å². The van der Waals surface area contributed by atoms with Crippen LogP contribution >= 0.6 is 11.8 Å². The molecule has 1 aliphatic heterocycles. The van der Waals surface area contributed by atoms with Gasteiger partial charge in [0.25, 0.3) is 11.1 Å². The molecule has 0 aromatic heterocycles. The second-order valence-electron chi connectivity index (χ2n) is 6.63. The summed E-state index contributed by atoms with van der Waals surface area (Å²) in [5.41, 5.74) is 2.85. The number of amides is 2. The Hall–Kier alpha value is -2.53. The Balaban J connectivity index is 1.82. The summed E-state index contributed by atoms with van der Waals surface area (Å²) in [7, 11) is 0. The molecule has 5 heteroatoms. The van der Waals surface area contributed by atoms with Gasteiger partial charge in [-0.1, -0.05) is 55.0 Å². The fourth-order valence-corrected chi connectivity index (χ4v) is 3.61. The van der Waals surface area contributed by atoms with Gasteiger partial charge in [-0.2, -0.15) is 0 Å². The Kier molecular flexibility index (Phi) is 6.01. The average Bonchev–Trinajstić information content (AvgIpc) is 2.91. The van der Waals surface area contributed by atoms with Crippen molar-refractivity contribution in [3.63, 3.8) is 0 Å². The van der Waals surface area contributed by atoms with Crippen LogP contribution in [0.5, 0.6) is 5.75 Å². The van der Waals surface area contributed by atoms with Gasteiger partial charge in [0.15, 0.2) is 0 Å². The fourth-order valence-electron chi connectivity index (χ4n) is 2.78. The Bertz CT molecular complexity index is 891. The van der Waals surface area contributed by atoms with Crippen LogP contribution in [0.4, 0.5) is 4.79 Å². The molecule has 2 aromatic rings. The number of carbonyl (C=O) groups excluding carboxylic acids is 2. The summed E-state index contributed by atoms with van der Waals surface area (Å²) in [5.74, 6) is 0.460. The molecule has 1 unspecified atom stereocenters. The van der Waals surface area contributed by atoms with E-state index in [9.17, 15) is 9.59 Å². The van der Waals surface area contributed by atoms with Gasteiger partial charge in [-0.15, -0.1) is 0 Å². The van der Waals surface area contributed by atoms with E-state index in [0.717, 1.165) is 40.6 Å². The van der Waals surface area contributed by atoms with E-state index in [2.05, 4.69) is 6.92 Å². The van der Waals surface area contributed by atoms with Crippen molar-refractivity contribution in [2.45, 2.75) is 39.8 Å². The zero-order chi connectivity index (χ0) is 19.4. The van der Waals surface area contributed by atoms with Gasteiger partial charge in [-0.3, -0.25) is 14.5 Å². The molecule has 1 atom stereocenters. The van der Waals surface area contributed by atoms with E-state index in [4.69, 9.17) is 4.74 Å². The maximum Gasteiger partial charge on any atom is 0.293 e. The van der Waals surface area contributed by atoms with Gasteiger partial charge < -0.3 is 4.74 Å². The summed E-state index contributed by atoms with van der Waals surface area (Å²) in [4.78, 5) is 26.9. The highest BCUT2D eigenvalue weighted by molar-refractivity contribution is 8.18. The van der Waals surface area contributed by atoms with Gasteiger partial charge in [0, 0.05) is 5.56 Å². The lowest BCUT2D eigenvalue weighted by Gasteiger charge is -2.15. The molecule has 0 N–H and O–H groups in total. The number of benzene rings is 2. The molecule has 0 radical (unpaired) electrons. The molecule has 140 valence electrons. The van der Waals surface area contributed by atoms with E-state index < -0.39 is 0 Å². The molecule has 2 amide bonds. The summed E-state index contributed by atoms with van der Waals surface area (Å²) in [6.45, 7) is 6.34. The third kappa shape index (κ3) is 4.61. The third-order valence-corrected chi connectivity index (χ3v) is 5.31. The molecule has 1 heterocycles. The monoisotopic (exact) mass is 381 g/mol. The Labute approximate surface area is 164 Å². The molecule has 1 fully saturated rings. The number of thioether (sulfide) groups is 1. The van der Waals surface area contributed by atoms with Crippen LogP contribution in [0.15, 0.2) is 53.4 Å². The zero-order valence-electron chi connectivity index (χ0n) is 15.8. The number of imide groups is 1. The van der Waals surface area contributed by atoms with Crippen LogP contribution < -0.4 is 4.74 Å². The quantitative estimate of drug-likeness (QED) is 0.628. The van der Waals surface area contributed by atoms with Crippen molar-refractivity contribution < 1.29 is 14.3 Å². The first kappa shape index (κ1) is 19.2. The minimum Gasteiger partial charge on any atom is -0.490 e. The van der Waals surface area contributed by atoms with Crippen LogP contribution in [-0.2, 0) is 11.3 Å². The number of para-hydroxylation sites is 1. The number of nitrogens with zero attached hydrogens (tertiary/aromatic N) is 1. The fraction of sp³-hybridized carbons (Fsp3) is 0.273. The lowest BCUT2D eigenvalue weighted by molar-refractivity contribution is -0.123. The highest BCUT2D eigenvalue weighted by atomic mass is 32.2. The van der Waals surface area contributed by atoms with Gasteiger partial charge in [0.2, 0.25) is 0 Å². The standard InChI is InChI=1S/C22H23NO3S/c1-4-16(3)26-19-11-6-5-10-18(19)13-20-21(24)23(22(25)27-20)14-17-9-7-8-15(2)12-17/h5-13,16H,4,14H2,1-3H3/b20-13-. The number of carbonyl (C=O) groups is 2. The molecule has 27 heavy (non-hydrogen) atoms. The highest BCUT2D eigenvalue weighted by Crippen LogP contribution is 2.35. The Morgan fingerprint density at radius 3 is 2.67 bits per heavy atom. The second-order valence-corrected chi connectivity index (χ2v) is 7.62. The number of hydrogen-bond donors (Lipinski definition) is 0. The summed E-state index contributed by atoms with van der Waals surface area (Å²) in [5, 5.41) is -0.243. The smallest absolute Gasteiger partial charge is 0.293 e. The van der Waals surface area contributed by atoms with Crippen molar-refractivity contribution in [3.8, 4) is 5.75 Å². The molecule has 0 spiro atoms. The highest BCUT2D eigenvalue weighted by Gasteiger charge is 2.35. The van der Waals surface area contributed by atoms with Gasteiger partial charge >= 0.3 is 0 Å². The van der Waals surface area contributed by atoms with Crippen molar-refractivity contribution in [1.82, 2.24) is 4.90 Å². The van der Waals surface area contributed by atoms with Gasteiger partial charge in [-0.05, 0) is 49.7 Å². The Morgan fingerprint density at radius 2 is 1.93 bits per heavy atom. The van der Waals surface area contributed by atoms with Gasteiger partial charge in [0.1, 0.15) is 5.75 Å². The second kappa shape index (κ2) is 8.44. The van der Waals surface area contributed by atoms with E-state index in [0.29, 0.717) is 4.91 Å². The van der Waals surface area contributed by atoms with E-state index in [1.54, 1.807) is 6.08 Å². The summed E-state index contributed by atoms with van der Waals surface area (Å²) < 4.78 is 5.94. The number of ether oxygens (including phenoxy) is 1. The molecule has 4 nitrogen and oxygen atoms in total. The SMILES string of the molecule is CCC(C)Oc1ccccc1/C=C1\SC(=O)N(Cc2cccc(C)c2)C1=O. The van der Waals surface area contributed by atoms with Crippen LogP contribution in [0, 0.1) is 6.92 Å². The first-order valence-electron chi connectivity index (χ1n) is 9.04. The first-order chi connectivity index (χ1) is 13.0. The normalized spacial score (nSPS) is 16.9. The van der Waals surface area contributed by atoms with E-state index >= 15 is 0 Å². The number of rotatable bonds is 6. The van der Waals surface area contributed by atoms with Gasteiger partial charge in [-0.25, -0.2) is 0 Å². The summed E-state index contributed by atoms with van der Waals surface area (Å²) in [6, 6.07) is 15.4. The lowest BCUT2D eigenvalue weighted by Crippen LogP contribution is -2.27. The Morgan fingerprint density at radius 1 is 1.15 bits per heavy atom. The van der Waals surface area contributed by atoms with Crippen molar-refractivity contribution >= 4 is 29.0 Å². The molecule has 1 saturated heterocycles. The molecule has 1 aliphatic rings. The lowest BCUT2D eigenvalue weighted by atomic mass is 10.1. The van der Waals surface area contributed by atoms with Crippen molar-refractivity contribution in [2.75, 3.05) is 0 Å². The van der Waals surface area contributed by atoms with E-state index in [1.807, 2.05) is 62.4 Å². The molecule has 0 saturated carbocycles. The average molecular weight is 381 g/mol. The molecule has 2 aromatic carbocycles. The summed E-state index contributed by atoms with van der Waals surface area (Å²) >= 11 is 0.976. The zero-order valence-corrected chi connectivity index (χ0v) is 16.6. The van der Waals surface area contributed by atoms with Crippen LogP contribution in [0.1, 0.15) is 37.0 Å². The van der Waals surface area contributed by atoms with Crippen LogP contribution in [0.3, 0.4) is 0 Å². The van der Waals surface area contributed by atoms with Crippen LogP contribution in [-0.4, -0.2) is 22.2 Å². The largest absolute Gasteiger partial charge is 0.490 e. The molecule has 3 rings (SSSR count). The van der Waals surface area contributed by atoms with E-state index in [1.165, 1.54) is 4.90 Å². The van der Waals surface area contributed by atoms with Crippen LogP contribution in [0.2, 0.25) is 0 Å². The van der Waals surface area contributed by atoms with Crippen molar-refractivity contribution in [1.29, 1.82) is 0 Å². The number of hydrogen-bond acceptors (Lipinski definition) is 4. The maximum atomic E-state index is 12.8. The predicted molar refractivity (Wildman–Crippen MR) is 110 cm³/mol. The minimum absolute atomic E-state index is 0.0796. The first-order valence-corrected chi connectivity index (χ1v) is 9.86. The van der Waals surface area contributed by atoms with Crippen molar-refractivity contribution in [3.05, 3.63) is 70.1 Å². The molecular weight excluding hydrogens is 358 g/mol. The number of aryl methyl sites for hydroxylation is 1. The van der Waals surface area contributed by atoms with Crippen LogP contribution in [0.25, 0.3) is 6.08 Å². The summed E-state index contributed by atoms with van der Waals surface area (Å²) in [6.07, 6.45) is 2.72. The maximum absolute atomic E-state index is 12.8. The molecular formula is C22H23NO3S. The third-order valence-electron chi connectivity index (χ3n) is 4.41.